The van der Waals surface area contributed by atoms with Gasteiger partial charge in [-0.2, -0.15) is 0 Å². The van der Waals surface area contributed by atoms with Gasteiger partial charge in [0, 0.05) is 6.04 Å². The molecule has 96 valence electrons. The molecule has 1 fully saturated rings. The Balaban J connectivity index is 2.20. The van der Waals surface area contributed by atoms with Gasteiger partial charge in [-0.25, -0.2) is 0 Å². The van der Waals surface area contributed by atoms with E-state index in [9.17, 15) is 5.11 Å². The maximum Gasteiger partial charge on any atom is 0.0575 e. The second-order valence-corrected chi connectivity index (χ2v) is 5.61. The van der Waals surface area contributed by atoms with Gasteiger partial charge in [0.25, 0.3) is 0 Å². The molecule has 0 bridgehead atoms. The van der Waals surface area contributed by atoms with Crippen molar-refractivity contribution < 1.29 is 5.11 Å². The summed E-state index contributed by atoms with van der Waals surface area (Å²) in [7, 11) is 0. The van der Waals surface area contributed by atoms with Crippen molar-refractivity contribution in [3.8, 4) is 0 Å². The smallest absolute Gasteiger partial charge is 0.0575 e. The molecule has 16 heavy (non-hydrogen) atoms. The highest BCUT2D eigenvalue weighted by Gasteiger charge is 2.23. The third-order valence-electron chi connectivity index (χ3n) is 4.05. The average molecular weight is 227 g/mol. The van der Waals surface area contributed by atoms with Gasteiger partial charge in [0.1, 0.15) is 0 Å². The van der Waals surface area contributed by atoms with E-state index >= 15 is 0 Å². The molecule has 3 unspecified atom stereocenters. The minimum absolute atomic E-state index is 0.142. The predicted molar refractivity (Wildman–Crippen MR) is 69.5 cm³/mol. The first-order valence-corrected chi connectivity index (χ1v) is 7.06. The molecule has 0 spiro atoms. The van der Waals surface area contributed by atoms with Crippen LogP contribution in [0.4, 0.5) is 0 Å². The molecule has 3 atom stereocenters. The third-order valence-corrected chi connectivity index (χ3v) is 4.05. The zero-order valence-electron chi connectivity index (χ0n) is 11.2. The van der Waals surface area contributed by atoms with Gasteiger partial charge in [-0.1, -0.05) is 40.0 Å². The van der Waals surface area contributed by atoms with Gasteiger partial charge in [0.15, 0.2) is 0 Å². The molecule has 1 rings (SSSR count). The van der Waals surface area contributed by atoms with Crippen molar-refractivity contribution in [3.63, 3.8) is 0 Å². The normalized spacial score (nSPS) is 28.3. The van der Waals surface area contributed by atoms with Crippen LogP contribution in [-0.2, 0) is 0 Å². The second kappa shape index (κ2) is 7.29. The monoisotopic (exact) mass is 227 g/mol. The first kappa shape index (κ1) is 14.0. The van der Waals surface area contributed by atoms with Crippen LogP contribution in [-0.4, -0.2) is 23.8 Å². The lowest BCUT2D eigenvalue weighted by Crippen LogP contribution is -2.39. The number of hydrogen-bond acceptors (Lipinski definition) is 2. The fourth-order valence-corrected chi connectivity index (χ4v) is 2.71. The van der Waals surface area contributed by atoms with Crippen LogP contribution in [0.2, 0.25) is 0 Å². The Morgan fingerprint density at radius 1 is 1.25 bits per heavy atom. The van der Waals surface area contributed by atoms with Crippen molar-refractivity contribution in [1.82, 2.24) is 5.32 Å². The third kappa shape index (κ3) is 4.42. The summed E-state index contributed by atoms with van der Waals surface area (Å²) in [6.07, 6.45) is 7.55. The van der Waals surface area contributed by atoms with Crippen LogP contribution in [0.25, 0.3) is 0 Å². The Bertz CT molecular complexity index is 182. The number of rotatable bonds is 6. The Labute approximate surface area is 101 Å². The lowest BCUT2D eigenvalue weighted by Gasteiger charge is -2.32. The molecule has 1 aliphatic carbocycles. The average Bonchev–Trinajstić information content (AvgIpc) is 2.29. The van der Waals surface area contributed by atoms with E-state index in [-0.39, 0.29) is 6.10 Å². The lowest BCUT2D eigenvalue weighted by atomic mass is 9.83. The van der Waals surface area contributed by atoms with Gasteiger partial charge >= 0.3 is 0 Å². The molecule has 0 aromatic heterocycles. The molecule has 1 aliphatic rings. The molecule has 0 aromatic rings. The Morgan fingerprint density at radius 2 is 1.94 bits per heavy atom. The Kier molecular flexibility index (Phi) is 6.37. The van der Waals surface area contributed by atoms with Crippen LogP contribution in [0.3, 0.4) is 0 Å². The topological polar surface area (TPSA) is 32.3 Å². The molecule has 0 aromatic carbocycles. The van der Waals surface area contributed by atoms with Crippen LogP contribution >= 0.6 is 0 Å². The first-order valence-electron chi connectivity index (χ1n) is 7.06. The molecule has 0 aliphatic heterocycles. The molecule has 2 heteroatoms. The van der Waals surface area contributed by atoms with Gasteiger partial charge < -0.3 is 10.4 Å². The summed E-state index contributed by atoms with van der Waals surface area (Å²) in [4.78, 5) is 0. The van der Waals surface area contributed by atoms with Gasteiger partial charge in [-0.3, -0.25) is 0 Å². The van der Waals surface area contributed by atoms with Crippen LogP contribution in [0.1, 0.15) is 59.3 Å². The maximum absolute atomic E-state index is 9.74. The second-order valence-electron chi connectivity index (χ2n) is 5.61. The van der Waals surface area contributed by atoms with Gasteiger partial charge in [0.2, 0.25) is 0 Å². The molecule has 0 saturated heterocycles. The lowest BCUT2D eigenvalue weighted by molar-refractivity contribution is 0.112. The highest BCUT2D eigenvalue weighted by Crippen LogP contribution is 2.26. The van der Waals surface area contributed by atoms with Crippen molar-refractivity contribution >= 4 is 0 Å². The maximum atomic E-state index is 9.74. The number of hydrogen-bond donors (Lipinski definition) is 2. The summed E-state index contributed by atoms with van der Waals surface area (Å²) in [5.74, 6) is 1.25. The van der Waals surface area contributed by atoms with E-state index in [1.54, 1.807) is 0 Å². The molecule has 2 N–H and O–H groups in total. The zero-order chi connectivity index (χ0) is 12.0. The van der Waals surface area contributed by atoms with E-state index in [4.69, 9.17) is 0 Å². The molecule has 0 amide bonds. The van der Waals surface area contributed by atoms with Gasteiger partial charge in [-0.15, -0.1) is 0 Å². The summed E-state index contributed by atoms with van der Waals surface area (Å²) in [6.45, 7) is 7.44. The summed E-state index contributed by atoms with van der Waals surface area (Å²) in [6, 6.07) is 0.707. The largest absolute Gasteiger partial charge is 0.393 e. The van der Waals surface area contributed by atoms with Crippen molar-refractivity contribution in [3.05, 3.63) is 0 Å². The molecule has 1 saturated carbocycles. The van der Waals surface area contributed by atoms with Crippen molar-refractivity contribution in [2.45, 2.75) is 71.4 Å². The van der Waals surface area contributed by atoms with Crippen LogP contribution in [0.5, 0.6) is 0 Å². The van der Waals surface area contributed by atoms with E-state index in [2.05, 4.69) is 26.1 Å². The summed E-state index contributed by atoms with van der Waals surface area (Å²) in [5.41, 5.74) is 0. The van der Waals surface area contributed by atoms with E-state index in [1.165, 1.54) is 32.1 Å². The summed E-state index contributed by atoms with van der Waals surface area (Å²) >= 11 is 0. The van der Waals surface area contributed by atoms with Crippen LogP contribution in [0.15, 0.2) is 0 Å². The van der Waals surface area contributed by atoms with E-state index < -0.39 is 0 Å². The number of aliphatic hydroxyl groups is 1. The van der Waals surface area contributed by atoms with E-state index in [0.717, 1.165) is 18.9 Å². The van der Waals surface area contributed by atoms with Crippen molar-refractivity contribution in [2.24, 2.45) is 11.8 Å². The highest BCUT2D eigenvalue weighted by atomic mass is 16.3. The molecule has 0 radical (unpaired) electrons. The Hall–Kier alpha value is -0.0800. The Morgan fingerprint density at radius 3 is 2.56 bits per heavy atom. The minimum Gasteiger partial charge on any atom is -0.393 e. The van der Waals surface area contributed by atoms with Gasteiger partial charge in [0.05, 0.1) is 6.10 Å². The SMILES string of the molecule is CCC1CCCCC1NCCC(O)C(C)C. The van der Waals surface area contributed by atoms with E-state index in [1.807, 2.05) is 0 Å². The highest BCUT2D eigenvalue weighted by molar-refractivity contribution is 4.80. The summed E-state index contributed by atoms with van der Waals surface area (Å²) in [5, 5.41) is 13.4. The fourth-order valence-electron chi connectivity index (χ4n) is 2.71. The van der Waals surface area contributed by atoms with Crippen molar-refractivity contribution in [2.75, 3.05) is 6.54 Å². The van der Waals surface area contributed by atoms with Crippen LogP contribution < -0.4 is 5.32 Å². The zero-order valence-corrected chi connectivity index (χ0v) is 11.2. The number of nitrogens with one attached hydrogen (secondary N) is 1. The fraction of sp³-hybridized carbons (Fsp3) is 1.00. The molecule has 2 nitrogen and oxygen atoms in total. The standard InChI is InChI=1S/C14H29NO/c1-4-12-7-5-6-8-13(12)15-10-9-14(16)11(2)3/h11-16H,4-10H2,1-3H3. The quantitative estimate of drug-likeness (QED) is 0.731. The summed E-state index contributed by atoms with van der Waals surface area (Å²) < 4.78 is 0. The molecular weight excluding hydrogens is 198 g/mol. The van der Waals surface area contributed by atoms with E-state index in [0.29, 0.717) is 12.0 Å². The predicted octanol–water partition coefficient (Wildman–Crippen LogP) is 2.95. The van der Waals surface area contributed by atoms with Crippen molar-refractivity contribution in [1.29, 1.82) is 0 Å². The molecular formula is C14H29NO. The molecule has 0 heterocycles. The van der Waals surface area contributed by atoms with Gasteiger partial charge in [-0.05, 0) is 37.6 Å². The number of aliphatic hydroxyl groups excluding tert-OH is 1. The minimum atomic E-state index is -0.142. The first-order chi connectivity index (χ1) is 7.65. The van der Waals surface area contributed by atoms with Crippen LogP contribution in [0, 0.1) is 11.8 Å².